The molecule has 0 saturated heterocycles. The maximum Gasteiger partial charge on any atom is 0.348 e. The summed E-state index contributed by atoms with van der Waals surface area (Å²) in [5.41, 5.74) is 1.46. The number of carbonyl (C=O) groups is 2. The highest BCUT2D eigenvalue weighted by Gasteiger charge is 2.43. The fourth-order valence-corrected chi connectivity index (χ4v) is 5.84. The smallest absolute Gasteiger partial charge is 0.348 e. The van der Waals surface area contributed by atoms with Gasteiger partial charge in [-0.3, -0.25) is 14.0 Å². The second-order valence-electron chi connectivity index (χ2n) is 7.91. The Kier molecular flexibility index (Phi) is 6.72. The van der Waals surface area contributed by atoms with Gasteiger partial charge in [0.1, 0.15) is 10.6 Å². The number of benzene rings is 3. The number of hydrogen-bond acceptors (Lipinski definition) is 7. The zero-order valence-electron chi connectivity index (χ0n) is 20.1. The molecule has 1 heterocycles. The van der Waals surface area contributed by atoms with Gasteiger partial charge in [-0.05, 0) is 48.9 Å². The van der Waals surface area contributed by atoms with Crippen LogP contribution in [-0.4, -0.2) is 47.5 Å². The zero-order valence-corrected chi connectivity index (χ0v) is 20.9. The number of aromatic carboxylic acids is 1. The van der Waals surface area contributed by atoms with Crippen LogP contribution in [0, 0.1) is 6.92 Å². The summed E-state index contributed by atoms with van der Waals surface area (Å²) in [7, 11) is 0.576. The first-order valence-electron chi connectivity index (χ1n) is 10.8. The van der Waals surface area contributed by atoms with Crippen LogP contribution in [0.25, 0.3) is 0 Å². The maximum atomic E-state index is 13.9. The number of anilines is 2. The highest BCUT2D eigenvalue weighted by atomic mass is 32.3. The summed E-state index contributed by atoms with van der Waals surface area (Å²) in [6.07, 6.45) is 0. The number of carbonyl (C=O) groups excluding carboxylic acids is 1. The number of carboxylic acids is 1. The predicted octanol–water partition coefficient (Wildman–Crippen LogP) is 5.39. The molecule has 0 fully saturated rings. The van der Waals surface area contributed by atoms with E-state index in [1.54, 1.807) is 31.2 Å². The molecule has 0 atom stereocenters. The van der Waals surface area contributed by atoms with Gasteiger partial charge in [0.2, 0.25) is 0 Å². The van der Waals surface area contributed by atoms with E-state index >= 15 is 0 Å². The van der Waals surface area contributed by atoms with Gasteiger partial charge in [0.25, 0.3) is 0 Å². The Morgan fingerprint density at radius 1 is 0.917 bits per heavy atom. The first-order valence-corrected chi connectivity index (χ1v) is 12.3. The first-order chi connectivity index (χ1) is 17.1. The van der Waals surface area contributed by atoms with Crippen LogP contribution in [0.4, 0.5) is 16.2 Å². The van der Waals surface area contributed by atoms with E-state index in [4.69, 9.17) is 14.2 Å². The van der Waals surface area contributed by atoms with Gasteiger partial charge in [-0.2, -0.15) is 4.31 Å². The normalized spacial score (nSPS) is 15.2. The molecule has 3 N–H and O–H groups in total. The highest BCUT2D eigenvalue weighted by Crippen LogP contribution is 2.60. The molecule has 0 aliphatic carbocycles. The van der Waals surface area contributed by atoms with Crippen molar-refractivity contribution in [2.45, 2.75) is 18.4 Å². The van der Waals surface area contributed by atoms with Gasteiger partial charge in [-0.1, -0.05) is 22.9 Å². The minimum absolute atomic E-state index is 0.0737. The summed E-state index contributed by atoms with van der Waals surface area (Å²) >= 11 is 0. The molecule has 0 unspecified atom stereocenters. The SMILES string of the molecule is COc1ccc(N2C(=O)N(Cc3c(OC)ccc(C(=O)O)c3C)c3ccccc3S2(O)O)cc1OC. The number of para-hydroxylation sites is 1. The quantitative estimate of drug-likeness (QED) is 0.383. The van der Waals surface area contributed by atoms with Gasteiger partial charge < -0.3 is 19.3 Å². The van der Waals surface area contributed by atoms with E-state index in [0.29, 0.717) is 34.1 Å². The molecular weight excluding hydrogens is 488 g/mol. The molecule has 3 aromatic carbocycles. The molecule has 1 aliphatic rings. The fourth-order valence-electron chi connectivity index (χ4n) is 4.20. The third-order valence-corrected chi connectivity index (χ3v) is 7.85. The predicted molar refractivity (Wildman–Crippen MR) is 136 cm³/mol. The molecule has 0 bridgehead atoms. The van der Waals surface area contributed by atoms with E-state index in [-0.39, 0.29) is 22.7 Å². The second kappa shape index (κ2) is 9.61. The summed E-state index contributed by atoms with van der Waals surface area (Å²) in [4.78, 5) is 27.2. The van der Waals surface area contributed by atoms with E-state index in [1.807, 2.05) is 0 Å². The van der Waals surface area contributed by atoms with Crippen molar-refractivity contribution in [2.75, 3.05) is 30.5 Å². The molecule has 2 amide bonds. The first kappa shape index (κ1) is 25.2. The monoisotopic (exact) mass is 514 g/mol. The molecule has 0 spiro atoms. The number of rotatable bonds is 7. The lowest BCUT2D eigenvalue weighted by atomic mass is 10.0. The van der Waals surface area contributed by atoms with Crippen LogP contribution in [0.2, 0.25) is 0 Å². The van der Waals surface area contributed by atoms with E-state index < -0.39 is 22.8 Å². The van der Waals surface area contributed by atoms with Crippen LogP contribution >= 0.6 is 10.8 Å². The second-order valence-corrected chi connectivity index (χ2v) is 9.76. The number of carboxylic acid groups (broad SMARTS) is 1. The summed E-state index contributed by atoms with van der Waals surface area (Å²) < 4.78 is 39.6. The third kappa shape index (κ3) is 4.06. The third-order valence-electron chi connectivity index (χ3n) is 6.03. The van der Waals surface area contributed by atoms with Gasteiger partial charge >= 0.3 is 12.0 Å². The van der Waals surface area contributed by atoms with Crippen molar-refractivity contribution in [1.82, 2.24) is 0 Å². The molecule has 0 aromatic heterocycles. The number of ether oxygens (including phenoxy) is 3. The molecule has 3 aromatic rings. The Balaban J connectivity index is 1.89. The summed E-state index contributed by atoms with van der Waals surface area (Å²) in [5.74, 6) is 0.000840. The lowest BCUT2D eigenvalue weighted by molar-refractivity contribution is 0.0696. The Morgan fingerprint density at radius 2 is 1.56 bits per heavy atom. The molecule has 0 radical (unpaired) electrons. The van der Waals surface area contributed by atoms with Crippen molar-refractivity contribution >= 4 is 34.2 Å². The molecule has 36 heavy (non-hydrogen) atoms. The van der Waals surface area contributed by atoms with Crippen LogP contribution in [-0.2, 0) is 6.54 Å². The van der Waals surface area contributed by atoms with Crippen molar-refractivity contribution in [3.8, 4) is 17.2 Å². The van der Waals surface area contributed by atoms with Gasteiger partial charge in [0, 0.05) is 11.6 Å². The highest BCUT2D eigenvalue weighted by molar-refractivity contribution is 8.26. The van der Waals surface area contributed by atoms with Crippen molar-refractivity contribution in [3.63, 3.8) is 0 Å². The summed E-state index contributed by atoms with van der Waals surface area (Å²) in [6, 6.07) is 13.3. The number of hydrogen-bond donors (Lipinski definition) is 3. The Bertz CT molecular complexity index is 1340. The van der Waals surface area contributed by atoms with Gasteiger partial charge in [0.15, 0.2) is 11.5 Å². The van der Waals surface area contributed by atoms with Gasteiger partial charge in [-0.15, -0.1) is 0 Å². The van der Waals surface area contributed by atoms with Crippen LogP contribution in [0.3, 0.4) is 0 Å². The number of fused-ring (bicyclic) bond motifs is 1. The number of methoxy groups -OCH3 is 3. The molecule has 4 rings (SSSR count). The van der Waals surface area contributed by atoms with E-state index in [2.05, 4.69) is 0 Å². The van der Waals surface area contributed by atoms with E-state index in [1.165, 1.54) is 56.6 Å². The Morgan fingerprint density at radius 3 is 2.19 bits per heavy atom. The van der Waals surface area contributed by atoms with Gasteiger partial charge in [-0.25, -0.2) is 9.59 Å². The lowest BCUT2D eigenvalue weighted by Crippen LogP contribution is -2.48. The Labute approximate surface area is 209 Å². The van der Waals surface area contributed by atoms with Crippen LogP contribution in [0.15, 0.2) is 59.5 Å². The average Bonchev–Trinajstić information content (AvgIpc) is 2.86. The molecule has 1 aliphatic heterocycles. The number of nitrogens with zero attached hydrogens (tertiary/aromatic N) is 2. The fraction of sp³-hybridized carbons (Fsp3) is 0.200. The topological polar surface area (TPSA) is 129 Å². The minimum Gasteiger partial charge on any atom is -0.496 e. The van der Waals surface area contributed by atoms with Crippen molar-refractivity contribution < 1.29 is 38.0 Å². The molecular formula is C25H26N2O8S. The minimum atomic E-state index is -3.78. The molecule has 10 nitrogen and oxygen atoms in total. The number of urea groups is 1. The van der Waals surface area contributed by atoms with Crippen molar-refractivity contribution in [1.29, 1.82) is 0 Å². The largest absolute Gasteiger partial charge is 0.496 e. The van der Waals surface area contributed by atoms with E-state index in [0.717, 1.165) is 4.31 Å². The number of amides is 2. The van der Waals surface area contributed by atoms with Crippen molar-refractivity contribution in [2.24, 2.45) is 0 Å². The van der Waals surface area contributed by atoms with Crippen LogP contribution in [0.1, 0.15) is 21.5 Å². The van der Waals surface area contributed by atoms with E-state index in [9.17, 15) is 23.8 Å². The average molecular weight is 515 g/mol. The van der Waals surface area contributed by atoms with Gasteiger partial charge in [0.05, 0.1) is 44.8 Å². The summed E-state index contributed by atoms with van der Waals surface area (Å²) in [6.45, 7) is 1.56. The standard InChI is InChI=1S/C25H26N2O8S/c1-15-17(24(28)29)10-12-20(33-2)18(15)14-26-19-7-5-6-8-23(19)36(31,32)27(25(26)30)16-9-11-21(34-3)22(13-16)35-4/h5-13,31-32H,14H2,1-4H3,(H,28,29). The summed E-state index contributed by atoms with van der Waals surface area (Å²) in [5, 5.41) is 9.61. The van der Waals surface area contributed by atoms with Crippen LogP contribution in [0.5, 0.6) is 17.2 Å². The molecule has 190 valence electrons. The van der Waals surface area contributed by atoms with Crippen LogP contribution < -0.4 is 23.4 Å². The maximum absolute atomic E-state index is 13.9. The lowest BCUT2D eigenvalue weighted by Gasteiger charge is -2.49. The van der Waals surface area contributed by atoms with Crippen molar-refractivity contribution in [3.05, 3.63) is 71.3 Å². The Hall–Kier alpha value is -3.93. The molecule has 0 saturated carbocycles. The zero-order chi connectivity index (χ0) is 26.2. The molecule has 11 heteroatoms.